The predicted octanol–water partition coefficient (Wildman–Crippen LogP) is -0.148. The lowest BCUT2D eigenvalue weighted by molar-refractivity contribution is -0.119. The van der Waals surface area contributed by atoms with Gasteiger partial charge in [0.1, 0.15) is 0 Å². The SMILES string of the molecule is CC1=CC(=O)C2OC2C1=O. The number of hydrogen-bond donors (Lipinski definition) is 0. The van der Waals surface area contributed by atoms with Crippen LogP contribution in [0.2, 0.25) is 0 Å². The Balaban J connectivity index is 2.39. The molecule has 1 heterocycles. The van der Waals surface area contributed by atoms with Crippen molar-refractivity contribution in [2.24, 2.45) is 0 Å². The van der Waals surface area contributed by atoms with E-state index in [1.165, 1.54) is 6.08 Å². The molecule has 3 heteroatoms. The maximum atomic E-state index is 11.0. The summed E-state index contributed by atoms with van der Waals surface area (Å²) in [5, 5.41) is 0. The number of rotatable bonds is 0. The number of fused-ring (bicyclic) bond motifs is 1. The Bertz CT molecular complexity index is 252. The van der Waals surface area contributed by atoms with Crippen molar-refractivity contribution in [2.75, 3.05) is 0 Å². The van der Waals surface area contributed by atoms with Crippen LogP contribution in [0.15, 0.2) is 11.6 Å². The third-order valence-electron chi connectivity index (χ3n) is 1.78. The van der Waals surface area contributed by atoms with Gasteiger partial charge in [-0.05, 0) is 18.6 Å². The lowest BCUT2D eigenvalue weighted by Gasteiger charge is -1.99. The normalized spacial score (nSPS) is 37.1. The highest BCUT2D eigenvalue weighted by molar-refractivity contribution is 6.15. The van der Waals surface area contributed by atoms with Gasteiger partial charge in [-0.2, -0.15) is 0 Å². The van der Waals surface area contributed by atoms with Crippen LogP contribution in [0.25, 0.3) is 0 Å². The lowest BCUT2D eigenvalue weighted by Crippen LogP contribution is -2.21. The van der Waals surface area contributed by atoms with E-state index >= 15 is 0 Å². The molecule has 2 rings (SSSR count). The van der Waals surface area contributed by atoms with Gasteiger partial charge < -0.3 is 4.74 Å². The van der Waals surface area contributed by atoms with Gasteiger partial charge in [-0.1, -0.05) is 0 Å². The second-order valence-electron chi connectivity index (χ2n) is 2.57. The van der Waals surface area contributed by atoms with Gasteiger partial charge in [0.25, 0.3) is 0 Å². The van der Waals surface area contributed by atoms with Crippen molar-refractivity contribution < 1.29 is 14.3 Å². The highest BCUT2D eigenvalue weighted by atomic mass is 16.6. The number of hydrogen-bond acceptors (Lipinski definition) is 3. The third kappa shape index (κ3) is 0.580. The van der Waals surface area contributed by atoms with Crippen LogP contribution in [0.3, 0.4) is 0 Å². The van der Waals surface area contributed by atoms with E-state index in [0.717, 1.165) is 0 Å². The zero-order valence-corrected chi connectivity index (χ0v) is 5.46. The lowest BCUT2D eigenvalue weighted by atomic mass is 9.99. The monoisotopic (exact) mass is 138 g/mol. The van der Waals surface area contributed by atoms with Gasteiger partial charge in [-0.3, -0.25) is 9.59 Å². The topological polar surface area (TPSA) is 46.7 Å². The fourth-order valence-corrected chi connectivity index (χ4v) is 1.12. The van der Waals surface area contributed by atoms with Gasteiger partial charge in [-0.25, -0.2) is 0 Å². The standard InChI is InChI=1S/C7H6O3/c1-3-2-4(8)6-7(10-6)5(3)9/h2,6-7H,1H3. The molecule has 52 valence electrons. The second kappa shape index (κ2) is 1.55. The van der Waals surface area contributed by atoms with E-state index in [4.69, 9.17) is 4.74 Å². The highest BCUT2D eigenvalue weighted by Crippen LogP contribution is 2.30. The molecule has 1 aliphatic heterocycles. The molecule has 0 saturated carbocycles. The third-order valence-corrected chi connectivity index (χ3v) is 1.78. The van der Waals surface area contributed by atoms with Crippen molar-refractivity contribution in [1.82, 2.24) is 0 Å². The molecular weight excluding hydrogens is 132 g/mol. The number of carbonyl (C=O) groups excluding carboxylic acids is 2. The molecule has 0 aromatic rings. The van der Waals surface area contributed by atoms with Crippen LogP contribution >= 0.6 is 0 Å². The molecule has 0 aromatic carbocycles. The van der Waals surface area contributed by atoms with Crippen molar-refractivity contribution in [1.29, 1.82) is 0 Å². The van der Waals surface area contributed by atoms with Crippen molar-refractivity contribution in [3.63, 3.8) is 0 Å². The van der Waals surface area contributed by atoms with Gasteiger partial charge in [0.2, 0.25) is 0 Å². The Labute approximate surface area is 57.7 Å². The van der Waals surface area contributed by atoms with E-state index in [9.17, 15) is 9.59 Å². The molecular formula is C7H6O3. The summed E-state index contributed by atoms with van der Waals surface area (Å²) in [4.78, 5) is 21.8. The minimum Gasteiger partial charge on any atom is -0.352 e. The Morgan fingerprint density at radius 3 is 2.80 bits per heavy atom. The molecule has 2 aliphatic rings. The largest absolute Gasteiger partial charge is 0.352 e. The van der Waals surface area contributed by atoms with E-state index in [1.807, 2.05) is 0 Å². The van der Waals surface area contributed by atoms with Crippen LogP contribution in [0, 0.1) is 0 Å². The van der Waals surface area contributed by atoms with Gasteiger partial charge in [0.15, 0.2) is 23.8 Å². The smallest absolute Gasteiger partial charge is 0.190 e. The maximum Gasteiger partial charge on any atom is 0.190 e. The number of ketones is 2. The Kier molecular flexibility index (Phi) is 0.898. The molecule has 1 fully saturated rings. The molecule has 0 N–H and O–H groups in total. The predicted molar refractivity (Wildman–Crippen MR) is 32.4 cm³/mol. The van der Waals surface area contributed by atoms with E-state index in [-0.39, 0.29) is 11.6 Å². The first-order valence-corrected chi connectivity index (χ1v) is 3.12. The summed E-state index contributed by atoms with van der Waals surface area (Å²) in [6.07, 6.45) is 0.491. The summed E-state index contributed by atoms with van der Waals surface area (Å²) in [6, 6.07) is 0. The van der Waals surface area contributed by atoms with Crippen LogP contribution in [0.1, 0.15) is 6.92 Å². The molecule has 1 aliphatic carbocycles. The first-order valence-electron chi connectivity index (χ1n) is 3.12. The molecule has 0 aromatic heterocycles. The van der Waals surface area contributed by atoms with Gasteiger partial charge >= 0.3 is 0 Å². The Hall–Kier alpha value is -0.960. The Morgan fingerprint density at radius 1 is 1.40 bits per heavy atom. The number of epoxide rings is 1. The fourth-order valence-electron chi connectivity index (χ4n) is 1.12. The summed E-state index contributed by atoms with van der Waals surface area (Å²) >= 11 is 0. The van der Waals surface area contributed by atoms with Crippen LogP contribution in [0.4, 0.5) is 0 Å². The zero-order chi connectivity index (χ0) is 7.30. The first-order chi connectivity index (χ1) is 4.70. The zero-order valence-electron chi connectivity index (χ0n) is 5.46. The van der Waals surface area contributed by atoms with E-state index in [2.05, 4.69) is 0 Å². The van der Waals surface area contributed by atoms with Gasteiger partial charge in [-0.15, -0.1) is 0 Å². The van der Waals surface area contributed by atoms with E-state index < -0.39 is 12.2 Å². The van der Waals surface area contributed by atoms with Crippen LogP contribution in [-0.2, 0) is 14.3 Å². The van der Waals surface area contributed by atoms with Gasteiger partial charge in [0, 0.05) is 0 Å². The molecule has 3 nitrogen and oxygen atoms in total. The summed E-state index contributed by atoms with van der Waals surface area (Å²) in [6.45, 7) is 1.64. The van der Waals surface area contributed by atoms with E-state index in [1.54, 1.807) is 6.92 Å². The minimum atomic E-state index is -0.434. The fraction of sp³-hybridized carbons (Fsp3) is 0.429. The quantitative estimate of drug-likeness (QED) is 0.437. The summed E-state index contributed by atoms with van der Waals surface area (Å²) in [5.41, 5.74) is 0.517. The molecule has 0 spiro atoms. The number of ether oxygens (including phenoxy) is 1. The van der Waals surface area contributed by atoms with Crippen molar-refractivity contribution in [2.45, 2.75) is 19.1 Å². The van der Waals surface area contributed by atoms with Crippen molar-refractivity contribution in [3.05, 3.63) is 11.6 Å². The van der Waals surface area contributed by atoms with Gasteiger partial charge in [0.05, 0.1) is 0 Å². The molecule has 1 saturated heterocycles. The second-order valence-corrected chi connectivity index (χ2v) is 2.57. The summed E-state index contributed by atoms with van der Waals surface area (Å²) in [7, 11) is 0. The van der Waals surface area contributed by atoms with Crippen LogP contribution in [-0.4, -0.2) is 23.8 Å². The highest BCUT2D eigenvalue weighted by Gasteiger charge is 2.52. The van der Waals surface area contributed by atoms with Crippen molar-refractivity contribution in [3.8, 4) is 0 Å². The molecule has 2 unspecified atom stereocenters. The molecule has 2 atom stereocenters. The van der Waals surface area contributed by atoms with Crippen molar-refractivity contribution >= 4 is 11.6 Å². The van der Waals surface area contributed by atoms with E-state index in [0.29, 0.717) is 5.57 Å². The van der Waals surface area contributed by atoms with Crippen LogP contribution < -0.4 is 0 Å². The number of carbonyl (C=O) groups is 2. The molecule has 0 amide bonds. The Morgan fingerprint density at radius 2 is 2.10 bits per heavy atom. The molecule has 0 radical (unpaired) electrons. The minimum absolute atomic E-state index is 0.0374. The maximum absolute atomic E-state index is 11.0. The summed E-state index contributed by atoms with van der Waals surface area (Å²) in [5.74, 6) is -0.105. The van der Waals surface area contributed by atoms with Crippen LogP contribution in [0.5, 0.6) is 0 Å². The first kappa shape index (κ1) is 5.80. The number of Topliss-reactive ketones (excluding diaryl/α,β-unsaturated/α-hetero) is 1. The molecule has 10 heavy (non-hydrogen) atoms. The average molecular weight is 138 g/mol. The average Bonchev–Trinajstić information content (AvgIpc) is 2.61. The summed E-state index contributed by atoms with van der Waals surface area (Å²) < 4.78 is 4.82. The molecule has 0 bridgehead atoms.